The zero-order valence-corrected chi connectivity index (χ0v) is 12.9. The van der Waals surface area contributed by atoms with Crippen LogP contribution in [0.5, 0.6) is 5.75 Å². The van der Waals surface area contributed by atoms with Gasteiger partial charge in [-0.25, -0.2) is 0 Å². The van der Waals surface area contributed by atoms with Gasteiger partial charge in [0.2, 0.25) is 0 Å². The molecule has 0 aliphatic carbocycles. The molecule has 2 aromatic rings. The van der Waals surface area contributed by atoms with Crippen molar-refractivity contribution in [3.8, 4) is 5.75 Å². The standard InChI is InChI=1S/C19H21NO2/c1-2-18(22-17-10-4-3-5-11-17)19(21)20-13-12-15-8-6-7-9-16(15)14-20/h3-11,18H,2,12-14H2,1H3/t18-/m0/s1. The highest BCUT2D eigenvalue weighted by Crippen LogP contribution is 2.21. The topological polar surface area (TPSA) is 29.5 Å². The van der Waals surface area contributed by atoms with Crippen molar-refractivity contribution < 1.29 is 9.53 Å². The first-order valence-electron chi connectivity index (χ1n) is 7.85. The third kappa shape index (κ3) is 3.14. The van der Waals surface area contributed by atoms with Gasteiger partial charge in [0.25, 0.3) is 5.91 Å². The fourth-order valence-electron chi connectivity index (χ4n) is 2.86. The number of carbonyl (C=O) groups is 1. The minimum Gasteiger partial charge on any atom is -0.481 e. The molecule has 0 bridgehead atoms. The zero-order chi connectivity index (χ0) is 15.4. The average Bonchev–Trinajstić information content (AvgIpc) is 2.59. The van der Waals surface area contributed by atoms with Gasteiger partial charge in [-0.15, -0.1) is 0 Å². The summed E-state index contributed by atoms with van der Waals surface area (Å²) in [6.45, 7) is 3.44. The molecule has 2 aromatic carbocycles. The number of rotatable bonds is 4. The van der Waals surface area contributed by atoms with Crippen molar-refractivity contribution in [2.45, 2.75) is 32.4 Å². The van der Waals surface area contributed by atoms with Crippen molar-refractivity contribution in [2.75, 3.05) is 6.54 Å². The van der Waals surface area contributed by atoms with Crippen LogP contribution in [0.25, 0.3) is 0 Å². The molecule has 114 valence electrons. The lowest BCUT2D eigenvalue weighted by molar-refractivity contribution is -0.139. The molecule has 0 unspecified atom stereocenters. The molecule has 0 N–H and O–H groups in total. The van der Waals surface area contributed by atoms with E-state index in [1.807, 2.05) is 48.2 Å². The number of benzene rings is 2. The number of fused-ring (bicyclic) bond motifs is 1. The van der Waals surface area contributed by atoms with Crippen LogP contribution >= 0.6 is 0 Å². The van der Waals surface area contributed by atoms with Crippen LogP contribution in [0.3, 0.4) is 0 Å². The molecular formula is C19H21NO2. The summed E-state index contributed by atoms with van der Waals surface area (Å²) in [6, 6.07) is 17.9. The lowest BCUT2D eigenvalue weighted by Crippen LogP contribution is -2.44. The molecule has 1 amide bonds. The minimum absolute atomic E-state index is 0.0841. The number of hydrogen-bond acceptors (Lipinski definition) is 2. The highest BCUT2D eigenvalue weighted by Gasteiger charge is 2.27. The Morgan fingerprint density at radius 2 is 1.77 bits per heavy atom. The normalized spacial score (nSPS) is 15.0. The quantitative estimate of drug-likeness (QED) is 0.865. The number of carbonyl (C=O) groups excluding carboxylic acids is 1. The molecule has 0 saturated heterocycles. The van der Waals surface area contributed by atoms with Crippen molar-refractivity contribution >= 4 is 5.91 Å². The number of para-hydroxylation sites is 1. The van der Waals surface area contributed by atoms with Crippen LogP contribution in [0, 0.1) is 0 Å². The van der Waals surface area contributed by atoms with Gasteiger partial charge in [0.05, 0.1) is 0 Å². The number of amides is 1. The molecule has 3 heteroatoms. The van der Waals surface area contributed by atoms with E-state index < -0.39 is 6.10 Å². The smallest absolute Gasteiger partial charge is 0.263 e. The van der Waals surface area contributed by atoms with Crippen molar-refractivity contribution in [1.29, 1.82) is 0 Å². The van der Waals surface area contributed by atoms with Crippen molar-refractivity contribution in [3.05, 3.63) is 65.7 Å². The van der Waals surface area contributed by atoms with E-state index >= 15 is 0 Å². The fourth-order valence-corrected chi connectivity index (χ4v) is 2.86. The molecule has 22 heavy (non-hydrogen) atoms. The second-order valence-electron chi connectivity index (χ2n) is 5.61. The molecule has 3 nitrogen and oxygen atoms in total. The van der Waals surface area contributed by atoms with Gasteiger partial charge in [0, 0.05) is 13.1 Å². The maximum Gasteiger partial charge on any atom is 0.263 e. The van der Waals surface area contributed by atoms with Gasteiger partial charge in [-0.3, -0.25) is 4.79 Å². The lowest BCUT2D eigenvalue weighted by atomic mass is 9.99. The van der Waals surface area contributed by atoms with Gasteiger partial charge in [0.1, 0.15) is 5.75 Å². The third-order valence-corrected chi connectivity index (χ3v) is 4.11. The van der Waals surface area contributed by atoms with Crippen LogP contribution in [0.1, 0.15) is 24.5 Å². The van der Waals surface area contributed by atoms with Crippen molar-refractivity contribution in [3.63, 3.8) is 0 Å². The van der Waals surface area contributed by atoms with E-state index in [1.54, 1.807) is 0 Å². The first-order chi connectivity index (χ1) is 10.8. The molecule has 3 rings (SSSR count). The van der Waals surface area contributed by atoms with E-state index in [0.29, 0.717) is 13.0 Å². The highest BCUT2D eigenvalue weighted by atomic mass is 16.5. The van der Waals surface area contributed by atoms with Crippen LogP contribution in [0.2, 0.25) is 0 Å². The zero-order valence-electron chi connectivity index (χ0n) is 12.9. The van der Waals surface area contributed by atoms with E-state index in [1.165, 1.54) is 11.1 Å². The Morgan fingerprint density at radius 1 is 1.09 bits per heavy atom. The highest BCUT2D eigenvalue weighted by molar-refractivity contribution is 5.81. The summed E-state index contributed by atoms with van der Waals surface area (Å²) >= 11 is 0. The Bertz CT molecular complexity index is 635. The summed E-state index contributed by atoms with van der Waals surface area (Å²) in [5, 5.41) is 0. The van der Waals surface area contributed by atoms with Crippen LogP contribution in [0.4, 0.5) is 0 Å². The van der Waals surface area contributed by atoms with Crippen LogP contribution < -0.4 is 4.74 Å². The maximum atomic E-state index is 12.7. The van der Waals surface area contributed by atoms with Crippen molar-refractivity contribution in [1.82, 2.24) is 4.90 Å². The lowest BCUT2D eigenvalue weighted by Gasteiger charge is -2.31. The molecule has 0 fully saturated rings. The molecule has 1 heterocycles. The second kappa shape index (κ2) is 6.65. The molecule has 0 saturated carbocycles. The third-order valence-electron chi connectivity index (χ3n) is 4.11. The van der Waals surface area contributed by atoms with Crippen LogP contribution in [-0.2, 0) is 17.8 Å². The van der Waals surface area contributed by atoms with Gasteiger partial charge in [-0.05, 0) is 36.1 Å². The van der Waals surface area contributed by atoms with Gasteiger partial charge in [-0.2, -0.15) is 0 Å². The monoisotopic (exact) mass is 295 g/mol. The van der Waals surface area contributed by atoms with Gasteiger partial charge < -0.3 is 9.64 Å². The Hall–Kier alpha value is -2.29. The van der Waals surface area contributed by atoms with Gasteiger partial charge in [-0.1, -0.05) is 49.4 Å². The van der Waals surface area contributed by atoms with E-state index in [2.05, 4.69) is 18.2 Å². The Morgan fingerprint density at radius 3 is 2.50 bits per heavy atom. The SMILES string of the molecule is CC[C@H](Oc1ccccc1)C(=O)N1CCc2ccccc2C1. The molecule has 0 spiro atoms. The number of nitrogens with zero attached hydrogens (tertiary/aromatic N) is 1. The molecule has 0 aromatic heterocycles. The van der Waals surface area contributed by atoms with Crippen molar-refractivity contribution in [2.24, 2.45) is 0 Å². The van der Waals surface area contributed by atoms with Crippen LogP contribution in [-0.4, -0.2) is 23.5 Å². The van der Waals surface area contributed by atoms with E-state index in [-0.39, 0.29) is 5.91 Å². The van der Waals surface area contributed by atoms with E-state index in [4.69, 9.17) is 4.74 Å². The minimum atomic E-state index is -0.410. The maximum absolute atomic E-state index is 12.7. The van der Waals surface area contributed by atoms with Gasteiger partial charge >= 0.3 is 0 Å². The first kappa shape index (κ1) is 14.6. The number of ether oxygens (including phenoxy) is 1. The van der Waals surface area contributed by atoms with E-state index in [9.17, 15) is 4.79 Å². The molecular weight excluding hydrogens is 274 g/mol. The summed E-state index contributed by atoms with van der Waals surface area (Å²) < 4.78 is 5.88. The second-order valence-corrected chi connectivity index (χ2v) is 5.61. The predicted octanol–water partition coefficient (Wildman–Crippen LogP) is 3.43. The summed E-state index contributed by atoms with van der Waals surface area (Å²) in [7, 11) is 0. The summed E-state index contributed by atoms with van der Waals surface area (Å²) in [5.41, 5.74) is 2.60. The summed E-state index contributed by atoms with van der Waals surface area (Å²) in [6.07, 6.45) is 1.18. The van der Waals surface area contributed by atoms with E-state index in [0.717, 1.165) is 18.7 Å². The fraction of sp³-hybridized carbons (Fsp3) is 0.316. The molecule has 1 atom stereocenters. The molecule has 1 aliphatic rings. The summed E-state index contributed by atoms with van der Waals surface area (Å²) in [4.78, 5) is 14.7. The Labute approximate surface area is 131 Å². The Kier molecular flexibility index (Phi) is 4.42. The number of hydrogen-bond donors (Lipinski definition) is 0. The van der Waals surface area contributed by atoms with Gasteiger partial charge in [0.15, 0.2) is 6.10 Å². The predicted molar refractivity (Wildman–Crippen MR) is 86.7 cm³/mol. The largest absolute Gasteiger partial charge is 0.481 e. The molecule has 1 aliphatic heterocycles. The summed E-state index contributed by atoms with van der Waals surface area (Å²) in [5.74, 6) is 0.834. The van der Waals surface area contributed by atoms with Crippen LogP contribution in [0.15, 0.2) is 54.6 Å². The average molecular weight is 295 g/mol. The Balaban J connectivity index is 1.70. The molecule has 0 radical (unpaired) electrons. The first-order valence-corrected chi connectivity index (χ1v) is 7.85.